The first-order valence-corrected chi connectivity index (χ1v) is 5.26. The van der Waals surface area contributed by atoms with Gasteiger partial charge < -0.3 is 4.90 Å². The summed E-state index contributed by atoms with van der Waals surface area (Å²) < 4.78 is 0. The molecule has 0 atom stereocenters. The molecule has 1 aliphatic rings. The smallest absolute Gasteiger partial charge is 0.210 e. The Hall–Kier alpha value is -0.900. The first kappa shape index (κ1) is 8.69. The molecule has 0 bridgehead atoms. The van der Waals surface area contributed by atoms with Crippen LogP contribution in [0.15, 0.2) is 4.99 Å². The van der Waals surface area contributed by atoms with Crippen molar-refractivity contribution >= 4 is 22.8 Å². The lowest BCUT2D eigenvalue weighted by Crippen LogP contribution is -2.06. The molecule has 0 radical (unpaired) electrons. The van der Waals surface area contributed by atoms with E-state index < -0.39 is 0 Å². The van der Waals surface area contributed by atoms with Crippen molar-refractivity contribution in [3.05, 3.63) is 10.6 Å². The van der Waals surface area contributed by atoms with Crippen LogP contribution in [0.25, 0.3) is 0 Å². The average molecular weight is 195 g/mol. The number of thiazole rings is 1. The van der Waals surface area contributed by atoms with Crippen LogP contribution in [0.1, 0.15) is 17.0 Å². The van der Waals surface area contributed by atoms with E-state index in [1.807, 2.05) is 19.0 Å². The highest BCUT2D eigenvalue weighted by Crippen LogP contribution is 2.31. The van der Waals surface area contributed by atoms with E-state index in [0.29, 0.717) is 0 Å². The van der Waals surface area contributed by atoms with E-state index >= 15 is 0 Å². The highest BCUT2D eigenvalue weighted by molar-refractivity contribution is 7.15. The third-order valence-electron chi connectivity index (χ3n) is 1.98. The molecule has 0 saturated carbocycles. The molecule has 4 heteroatoms. The summed E-state index contributed by atoms with van der Waals surface area (Å²) in [5.41, 5.74) is 1.27. The van der Waals surface area contributed by atoms with E-state index in [2.05, 4.69) is 9.98 Å². The maximum atomic E-state index is 4.46. The average Bonchev–Trinajstić information content (AvgIpc) is 2.58. The quantitative estimate of drug-likeness (QED) is 0.532. The molecule has 13 heavy (non-hydrogen) atoms. The first-order chi connectivity index (χ1) is 6.25. The van der Waals surface area contributed by atoms with Gasteiger partial charge in [-0.15, -0.1) is 0 Å². The Kier molecular flexibility index (Phi) is 2.31. The van der Waals surface area contributed by atoms with Gasteiger partial charge in [0, 0.05) is 19.0 Å². The monoisotopic (exact) mass is 195 g/mol. The fourth-order valence-corrected chi connectivity index (χ4v) is 2.38. The Morgan fingerprint density at radius 2 is 2.31 bits per heavy atom. The Morgan fingerprint density at radius 1 is 1.46 bits per heavy atom. The number of aryl methyl sites for hydroxylation is 2. The topological polar surface area (TPSA) is 28.5 Å². The number of rotatable bonds is 2. The number of aromatic nitrogens is 1. The molecule has 70 valence electrons. The van der Waals surface area contributed by atoms with Gasteiger partial charge in [-0.1, -0.05) is 11.3 Å². The Morgan fingerprint density at radius 3 is 3.00 bits per heavy atom. The summed E-state index contributed by atoms with van der Waals surface area (Å²) in [6.07, 6.45) is 5.41. The van der Waals surface area contributed by atoms with Crippen molar-refractivity contribution < 1.29 is 0 Å². The Balaban J connectivity index is 2.15. The second-order valence-corrected chi connectivity index (χ2v) is 4.49. The molecular weight excluding hydrogens is 182 g/mol. The summed E-state index contributed by atoms with van der Waals surface area (Å²) in [5, 5.41) is 0.901. The van der Waals surface area contributed by atoms with E-state index in [1.54, 1.807) is 17.7 Å². The zero-order chi connectivity index (χ0) is 9.26. The minimum Gasteiger partial charge on any atom is -0.369 e. The lowest BCUT2D eigenvalue weighted by molar-refractivity contribution is 0.643. The van der Waals surface area contributed by atoms with Gasteiger partial charge in [0.15, 0.2) is 0 Å². The van der Waals surface area contributed by atoms with Crippen LogP contribution in [0.3, 0.4) is 0 Å². The summed E-state index contributed by atoms with van der Waals surface area (Å²) in [5.74, 6) is 0. The molecular formula is C9H13N3S. The van der Waals surface area contributed by atoms with Gasteiger partial charge in [-0.2, -0.15) is 0 Å². The van der Waals surface area contributed by atoms with E-state index in [4.69, 9.17) is 0 Å². The summed E-state index contributed by atoms with van der Waals surface area (Å²) in [4.78, 5) is 12.1. The molecule has 0 amide bonds. The van der Waals surface area contributed by atoms with Crippen molar-refractivity contribution in [1.82, 2.24) is 9.88 Å². The minimum atomic E-state index is 0.901. The van der Waals surface area contributed by atoms with Crippen LogP contribution in [0, 0.1) is 0 Å². The molecule has 0 fully saturated rings. The zero-order valence-electron chi connectivity index (χ0n) is 7.95. The first-order valence-electron chi connectivity index (χ1n) is 4.45. The van der Waals surface area contributed by atoms with Crippen LogP contribution in [-0.2, 0) is 12.8 Å². The zero-order valence-corrected chi connectivity index (χ0v) is 8.77. The standard InChI is InChI=1S/C9H13N3S/c1-12(2)6-10-9-11-7-4-3-5-8(7)13-9/h6H,3-5H2,1-2H3. The summed E-state index contributed by atoms with van der Waals surface area (Å²) in [6.45, 7) is 0. The summed E-state index contributed by atoms with van der Waals surface area (Å²) >= 11 is 1.73. The number of hydrogen-bond donors (Lipinski definition) is 0. The van der Waals surface area contributed by atoms with Crippen LogP contribution in [0.5, 0.6) is 0 Å². The Labute approximate surface area is 82.1 Å². The fourth-order valence-electron chi connectivity index (χ4n) is 1.40. The van der Waals surface area contributed by atoms with Gasteiger partial charge in [0.25, 0.3) is 0 Å². The van der Waals surface area contributed by atoms with Crippen LogP contribution in [0.2, 0.25) is 0 Å². The predicted molar refractivity (Wildman–Crippen MR) is 56.0 cm³/mol. The molecule has 1 aromatic rings. The van der Waals surface area contributed by atoms with Gasteiger partial charge in [-0.05, 0) is 19.3 Å². The molecule has 3 nitrogen and oxygen atoms in total. The van der Waals surface area contributed by atoms with E-state index in [9.17, 15) is 0 Å². The maximum absolute atomic E-state index is 4.46. The third kappa shape index (κ3) is 1.88. The van der Waals surface area contributed by atoms with Crippen LogP contribution >= 0.6 is 11.3 Å². The maximum Gasteiger partial charge on any atom is 0.210 e. The molecule has 0 unspecified atom stereocenters. The number of hydrogen-bond acceptors (Lipinski definition) is 3. The molecule has 0 N–H and O–H groups in total. The highest BCUT2D eigenvalue weighted by atomic mass is 32.1. The lowest BCUT2D eigenvalue weighted by atomic mass is 10.4. The van der Waals surface area contributed by atoms with E-state index in [-0.39, 0.29) is 0 Å². The summed E-state index contributed by atoms with van der Waals surface area (Å²) in [6, 6.07) is 0. The van der Waals surface area contributed by atoms with Gasteiger partial charge in [0.05, 0.1) is 12.0 Å². The van der Waals surface area contributed by atoms with Gasteiger partial charge in [0.2, 0.25) is 5.13 Å². The van der Waals surface area contributed by atoms with Gasteiger partial charge in [0.1, 0.15) is 0 Å². The Bertz CT molecular complexity index is 306. The number of nitrogens with zero attached hydrogens (tertiary/aromatic N) is 3. The molecule has 1 aromatic heterocycles. The third-order valence-corrected chi connectivity index (χ3v) is 3.05. The number of aliphatic imine (C=N–C) groups is 1. The molecule has 2 rings (SSSR count). The normalized spacial score (nSPS) is 15.2. The molecule has 0 saturated heterocycles. The second kappa shape index (κ2) is 3.46. The summed E-state index contributed by atoms with van der Waals surface area (Å²) in [7, 11) is 3.93. The number of fused-ring (bicyclic) bond motifs is 1. The molecule has 0 aliphatic heterocycles. The molecule has 1 aliphatic carbocycles. The van der Waals surface area contributed by atoms with Crippen molar-refractivity contribution in [1.29, 1.82) is 0 Å². The van der Waals surface area contributed by atoms with Crippen molar-refractivity contribution in [2.24, 2.45) is 4.99 Å². The van der Waals surface area contributed by atoms with Crippen LogP contribution in [-0.4, -0.2) is 30.3 Å². The van der Waals surface area contributed by atoms with Gasteiger partial charge in [-0.3, -0.25) is 0 Å². The predicted octanol–water partition coefficient (Wildman–Crippen LogP) is 1.85. The molecule has 1 heterocycles. The minimum absolute atomic E-state index is 0.901. The van der Waals surface area contributed by atoms with E-state index in [1.165, 1.54) is 23.4 Å². The van der Waals surface area contributed by atoms with Crippen molar-refractivity contribution in [2.45, 2.75) is 19.3 Å². The fraction of sp³-hybridized carbons (Fsp3) is 0.556. The largest absolute Gasteiger partial charge is 0.369 e. The van der Waals surface area contributed by atoms with Crippen LogP contribution < -0.4 is 0 Å². The van der Waals surface area contributed by atoms with E-state index in [0.717, 1.165) is 11.6 Å². The van der Waals surface area contributed by atoms with Gasteiger partial charge in [-0.25, -0.2) is 9.98 Å². The lowest BCUT2D eigenvalue weighted by Gasteiger charge is -1.99. The SMILES string of the molecule is CN(C)C=Nc1nc2c(s1)CCC2. The van der Waals surface area contributed by atoms with Crippen molar-refractivity contribution in [3.8, 4) is 0 Å². The molecule has 0 aromatic carbocycles. The second-order valence-electron chi connectivity index (χ2n) is 3.43. The van der Waals surface area contributed by atoms with Crippen LogP contribution in [0.4, 0.5) is 5.13 Å². The van der Waals surface area contributed by atoms with Crippen molar-refractivity contribution in [3.63, 3.8) is 0 Å². The van der Waals surface area contributed by atoms with Gasteiger partial charge >= 0.3 is 0 Å². The van der Waals surface area contributed by atoms with Crippen molar-refractivity contribution in [2.75, 3.05) is 14.1 Å². The highest BCUT2D eigenvalue weighted by Gasteiger charge is 2.15. The molecule has 0 spiro atoms.